The predicted molar refractivity (Wildman–Crippen MR) is 57.6 cm³/mol. The molecule has 2 heterocycles. The van der Waals surface area contributed by atoms with Crippen LogP contribution in [0.2, 0.25) is 0 Å². The van der Waals surface area contributed by atoms with Crippen molar-refractivity contribution in [3.05, 3.63) is 36.9 Å². The average Bonchev–Trinajstić information content (AvgIpc) is 2.26. The standard InChI is InChI=1S/C9H10N4O3/c1-4-7(14)11-6-5(10-4)8(15)13(3)9(16)12(6)2/h1-3H3,(H,11,14). The SMILES string of the molecule is Cc1nc2c(=O)n(C)c(=O)n(C)c2[nH]c1=O. The average molecular weight is 222 g/mol. The van der Waals surface area contributed by atoms with E-state index in [1.165, 1.54) is 25.6 Å². The molecule has 0 aromatic carbocycles. The van der Waals surface area contributed by atoms with Crippen molar-refractivity contribution in [3.8, 4) is 0 Å². The maximum absolute atomic E-state index is 11.7. The van der Waals surface area contributed by atoms with Gasteiger partial charge in [-0.2, -0.15) is 0 Å². The van der Waals surface area contributed by atoms with Crippen molar-refractivity contribution in [2.45, 2.75) is 6.92 Å². The Bertz CT molecular complexity index is 750. The van der Waals surface area contributed by atoms with Gasteiger partial charge in [0.2, 0.25) is 0 Å². The number of hydrogen-bond donors (Lipinski definition) is 1. The van der Waals surface area contributed by atoms with Crippen molar-refractivity contribution in [2.75, 3.05) is 0 Å². The summed E-state index contributed by atoms with van der Waals surface area (Å²) in [4.78, 5) is 41.0. The molecule has 0 spiro atoms. The molecular formula is C9H10N4O3. The van der Waals surface area contributed by atoms with Gasteiger partial charge < -0.3 is 4.98 Å². The highest BCUT2D eigenvalue weighted by molar-refractivity contribution is 5.68. The van der Waals surface area contributed by atoms with Gasteiger partial charge >= 0.3 is 5.69 Å². The number of aromatic amines is 1. The van der Waals surface area contributed by atoms with Gasteiger partial charge in [0, 0.05) is 14.1 Å². The van der Waals surface area contributed by atoms with Crippen LogP contribution < -0.4 is 16.8 Å². The van der Waals surface area contributed by atoms with Crippen molar-refractivity contribution >= 4 is 11.2 Å². The monoisotopic (exact) mass is 222 g/mol. The number of nitrogens with one attached hydrogen (secondary N) is 1. The van der Waals surface area contributed by atoms with Gasteiger partial charge in [-0.1, -0.05) is 0 Å². The number of H-pyrrole nitrogens is 1. The molecule has 2 aromatic heterocycles. The fourth-order valence-electron chi connectivity index (χ4n) is 1.49. The molecule has 0 aliphatic rings. The molecule has 0 aliphatic carbocycles. The van der Waals surface area contributed by atoms with Crippen molar-refractivity contribution in [1.29, 1.82) is 0 Å². The molecule has 7 heteroatoms. The highest BCUT2D eigenvalue weighted by atomic mass is 16.2. The van der Waals surface area contributed by atoms with Crippen LogP contribution in [0.15, 0.2) is 14.4 Å². The molecule has 0 saturated heterocycles. The van der Waals surface area contributed by atoms with E-state index < -0.39 is 16.8 Å². The fraction of sp³-hybridized carbons (Fsp3) is 0.333. The van der Waals surface area contributed by atoms with Crippen molar-refractivity contribution in [1.82, 2.24) is 19.1 Å². The lowest BCUT2D eigenvalue weighted by atomic mass is 10.4. The van der Waals surface area contributed by atoms with Crippen LogP contribution in [-0.2, 0) is 14.1 Å². The Morgan fingerprint density at radius 1 is 1.12 bits per heavy atom. The lowest BCUT2D eigenvalue weighted by Gasteiger charge is -2.06. The predicted octanol–water partition coefficient (Wildman–Crippen LogP) is -1.37. The van der Waals surface area contributed by atoms with Crippen LogP contribution in [0.1, 0.15) is 5.69 Å². The number of aromatic nitrogens is 4. The molecule has 0 fully saturated rings. The molecule has 7 nitrogen and oxygen atoms in total. The van der Waals surface area contributed by atoms with Crippen LogP contribution in [0.5, 0.6) is 0 Å². The maximum atomic E-state index is 11.7. The summed E-state index contributed by atoms with van der Waals surface area (Å²) in [7, 11) is 2.84. The zero-order valence-electron chi connectivity index (χ0n) is 9.07. The van der Waals surface area contributed by atoms with Gasteiger partial charge in [-0.3, -0.25) is 18.7 Å². The Kier molecular flexibility index (Phi) is 2.04. The van der Waals surface area contributed by atoms with Crippen LogP contribution >= 0.6 is 0 Å². The minimum absolute atomic E-state index is 0.0849. The van der Waals surface area contributed by atoms with Gasteiger partial charge in [-0.15, -0.1) is 0 Å². The van der Waals surface area contributed by atoms with Crippen LogP contribution in [0.25, 0.3) is 11.2 Å². The van der Waals surface area contributed by atoms with E-state index in [1.54, 1.807) is 0 Å². The number of rotatable bonds is 0. The van der Waals surface area contributed by atoms with Gasteiger partial charge in [-0.05, 0) is 6.92 Å². The van der Waals surface area contributed by atoms with Gasteiger partial charge in [-0.25, -0.2) is 9.78 Å². The van der Waals surface area contributed by atoms with E-state index in [0.717, 1.165) is 4.57 Å². The molecule has 84 valence electrons. The molecular weight excluding hydrogens is 212 g/mol. The van der Waals surface area contributed by atoms with Gasteiger partial charge in [0.1, 0.15) is 11.3 Å². The van der Waals surface area contributed by atoms with Crippen molar-refractivity contribution in [3.63, 3.8) is 0 Å². The van der Waals surface area contributed by atoms with E-state index in [0.29, 0.717) is 0 Å². The van der Waals surface area contributed by atoms with E-state index in [1.807, 2.05) is 0 Å². The molecule has 1 N–H and O–H groups in total. The first kappa shape index (κ1) is 10.3. The third-order valence-electron chi connectivity index (χ3n) is 2.48. The topological polar surface area (TPSA) is 89.8 Å². The summed E-state index contributed by atoms with van der Waals surface area (Å²) in [5.41, 5.74) is -0.999. The molecule has 0 atom stereocenters. The number of fused-ring (bicyclic) bond motifs is 1. The van der Waals surface area contributed by atoms with Crippen LogP contribution in [-0.4, -0.2) is 19.1 Å². The van der Waals surface area contributed by atoms with E-state index in [2.05, 4.69) is 9.97 Å². The molecule has 0 amide bonds. The number of nitrogens with zero attached hydrogens (tertiary/aromatic N) is 3. The van der Waals surface area contributed by atoms with Gasteiger partial charge in [0.25, 0.3) is 11.1 Å². The largest absolute Gasteiger partial charge is 0.332 e. The smallest absolute Gasteiger partial charge is 0.305 e. The summed E-state index contributed by atoms with van der Waals surface area (Å²) in [6.07, 6.45) is 0. The molecule has 0 unspecified atom stereocenters. The first-order valence-electron chi connectivity index (χ1n) is 4.60. The third kappa shape index (κ3) is 1.21. The first-order chi connectivity index (χ1) is 7.43. The highest BCUT2D eigenvalue weighted by Gasteiger charge is 2.11. The Morgan fingerprint density at radius 2 is 1.75 bits per heavy atom. The van der Waals surface area contributed by atoms with Crippen LogP contribution in [0.4, 0.5) is 0 Å². The van der Waals surface area contributed by atoms with E-state index in [-0.39, 0.29) is 16.9 Å². The maximum Gasteiger partial charge on any atom is 0.332 e. The zero-order valence-corrected chi connectivity index (χ0v) is 9.07. The summed E-state index contributed by atoms with van der Waals surface area (Å²) < 4.78 is 2.14. The van der Waals surface area contributed by atoms with Crippen molar-refractivity contribution < 1.29 is 0 Å². The fourth-order valence-corrected chi connectivity index (χ4v) is 1.49. The molecule has 0 aliphatic heterocycles. The Hall–Kier alpha value is -2.18. The summed E-state index contributed by atoms with van der Waals surface area (Å²) in [6, 6.07) is 0. The van der Waals surface area contributed by atoms with E-state index in [9.17, 15) is 14.4 Å². The molecule has 2 aromatic rings. The minimum atomic E-state index is -0.516. The summed E-state index contributed by atoms with van der Waals surface area (Å²) in [5, 5.41) is 0. The lowest BCUT2D eigenvalue weighted by molar-refractivity contribution is 0.702. The highest BCUT2D eigenvalue weighted by Crippen LogP contribution is 1.97. The van der Waals surface area contributed by atoms with Crippen molar-refractivity contribution in [2.24, 2.45) is 14.1 Å². The second-order valence-corrected chi connectivity index (χ2v) is 3.55. The summed E-state index contributed by atoms with van der Waals surface area (Å²) in [6.45, 7) is 1.50. The molecule has 16 heavy (non-hydrogen) atoms. The first-order valence-corrected chi connectivity index (χ1v) is 4.60. The normalized spacial score (nSPS) is 10.9. The molecule has 0 bridgehead atoms. The summed E-state index contributed by atoms with van der Waals surface area (Å²) in [5.74, 6) is 0. The molecule has 0 saturated carbocycles. The molecule has 2 rings (SSSR count). The minimum Gasteiger partial charge on any atom is -0.305 e. The number of aryl methyl sites for hydroxylation is 2. The van der Waals surface area contributed by atoms with Crippen LogP contribution in [0, 0.1) is 6.92 Å². The quantitative estimate of drug-likeness (QED) is 0.595. The Morgan fingerprint density at radius 3 is 2.38 bits per heavy atom. The third-order valence-corrected chi connectivity index (χ3v) is 2.48. The number of hydrogen-bond acceptors (Lipinski definition) is 4. The van der Waals surface area contributed by atoms with E-state index in [4.69, 9.17) is 0 Å². The van der Waals surface area contributed by atoms with Crippen LogP contribution in [0.3, 0.4) is 0 Å². The van der Waals surface area contributed by atoms with Gasteiger partial charge in [0.15, 0.2) is 5.52 Å². The lowest BCUT2D eigenvalue weighted by Crippen LogP contribution is -2.38. The van der Waals surface area contributed by atoms with Gasteiger partial charge in [0.05, 0.1) is 0 Å². The Labute approximate surface area is 89.0 Å². The second kappa shape index (κ2) is 3.16. The van der Waals surface area contributed by atoms with E-state index >= 15 is 0 Å². The zero-order chi connectivity index (χ0) is 12.0. The summed E-state index contributed by atoms with van der Waals surface area (Å²) >= 11 is 0. The second-order valence-electron chi connectivity index (χ2n) is 3.55. The molecule has 0 radical (unpaired) electrons. The Balaban J connectivity index is 3.22.